The summed E-state index contributed by atoms with van der Waals surface area (Å²) < 4.78 is 49.9. The monoisotopic (exact) mass is 260 g/mol. The Balaban J connectivity index is 2.86. The second kappa shape index (κ2) is 4.08. The molecule has 0 amide bonds. The van der Waals surface area contributed by atoms with E-state index in [1.807, 2.05) is 0 Å². The smallest absolute Gasteiger partial charge is 0.240 e. The van der Waals surface area contributed by atoms with E-state index in [4.69, 9.17) is 5.14 Å². The van der Waals surface area contributed by atoms with Gasteiger partial charge in [-0.05, 0) is 12.1 Å². The van der Waals surface area contributed by atoms with Crippen molar-refractivity contribution in [3.05, 3.63) is 30.2 Å². The molecule has 4 nitrogen and oxygen atoms in total. The van der Waals surface area contributed by atoms with Crippen molar-refractivity contribution in [3.63, 3.8) is 0 Å². The number of aromatic nitrogens is 1. The molecule has 0 aliphatic heterocycles. The molecule has 0 aliphatic carbocycles. The summed E-state index contributed by atoms with van der Waals surface area (Å²) in [4.78, 5) is -0.320. The highest BCUT2D eigenvalue weighted by molar-refractivity contribution is 7.89. The molecular formula is C10H10F2N2O2S. The molecule has 1 aromatic carbocycles. The molecule has 0 radical (unpaired) electrons. The summed E-state index contributed by atoms with van der Waals surface area (Å²) >= 11 is 0. The van der Waals surface area contributed by atoms with Crippen LogP contribution in [0.25, 0.3) is 10.9 Å². The molecule has 92 valence electrons. The van der Waals surface area contributed by atoms with Crippen molar-refractivity contribution in [3.8, 4) is 0 Å². The van der Waals surface area contributed by atoms with E-state index in [1.54, 1.807) is 0 Å². The molecule has 0 saturated heterocycles. The van der Waals surface area contributed by atoms with Gasteiger partial charge in [0.25, 0.3) is 0 Å². The van der Waals surface area contributed by atoms with E-state index in [1.165, 1.54) is 16.7 Å². The predicted octanol–water partition coefficient (Wildman–Crippen LogP) is 1.40. The zero-order valence-corrected chi connectivity index (χ0v) is 9.55. The number of alkyl halides is 1. The third-order valence-electron chi connectivity index (χ3n) is 2.45. The molecular weight excluding hydrogens is 250 g/mol. The minimum absolute atomic E-state index is 0.0462. The lowest BCUT2D eigenvalue weighted by Gasteiger charge is -2.00. The third kappa shape index (κ3) is 2.03. The fraction of sp³-hybridized carbons (Fsp3) is 0.200. The first-order valence-corrected chi connectivity index (χ1v) is 6.36. The maximum atomic E-state index is 13.6. The Bertz CT molecular complexity index is 664. The summed E-state index contributed by atoms with van der Waals surface area (Å²) in [5, 5.41) is 4.91. The minimum atomic E-state index is -4.03. The van der Waals surface area contributed by atoms with Gasteiger partial charge in [-0.25, -0.2) is 22.3 Å². The molecule has 0 fully saturated rings. The van der Waals surface area contributed by atoms with Gasteiger partial charge in [-0.15, -0.1) is 0 Å². The molecule has 2 rings (SSSR count). The van der Waals surface area contributed by atoms with Gasteiger partial charge < -0.3 is 4.57 Å². The van der Waals surface area contributed by atoms with E-state index in [9.17, 15) is 17.2 Å². The summed E-state index contributed by atoms with van der Waals surface area (Å²) in [6, 6.07) is 4.08. The van der Waals surface area contributed by atoms with Crippen LogP contribution in [0.5, 0.6) is 0 Å². The van der Waals surface area contributed by atoms with Crippen molar-refractivity contribution in [2.45, 2.75) is 11.4 Å². The number of halogens is 2. The minimum Gasteiger partial charge on any atom is -0.343 e. The van der Waals surface area contributed by atoms with Crippen LogP contribution >= 0.6 is 0 Å². The molecule has 0 bridgehead atoms. The van der Waals surface area contributed by atoms with Crippen LogP contribution in [0.4, 0.5) is 8.78 Å². The standard InChI is InChI=1S/C10H10F2N2O2S/c11-4-5-14-6-9(17(13,15)16)10-7(12)2-1-3-8(10)14/h1-3,6H,4-5H2,(H2,13,15,16). The number of primary sulfonamides is 1. The fourth-order valence-corrected chi connectivity index (χ4v) is 2.52. The molecule has 1 aromatic heterocycles. The highest BCUT2D eigenvalue weighted by atomic mass is 32.2. The Hall–Kier alpha value is -1.47. The lowest BCUT2D eigenvalue weighted by atomic mass is 10.2. The topological polar surface area (TPSA) is 65.1 Å². The Morgan fingerprint density at radius 3 is 2.65 bits per heavy atom. The van der Waals surface area contributed by atoms with Crippen molar-refractivity contribution in [1.82, 2.24) is 4.57 Å². The second-order valence-electron chi connectivity index (χ2n) is 3.55. The SMILES string of the molecule is NS(=O)(=O)c1cn(CCF)c2cccc(F)c12. The number of hydrogen-bond acceptors (Lipinski definition) is 2. The Labute approximate surface area is 96.7 Å². The maximum absolute atomic E-state index is 13.6. The van der Waals surface area contributed by atoms with E-state index >= 15 is 0 Å². The van der Waals surface area contributed by atoms with Crippen LogP contribution in [0.3, 0.4) is 0 Å². The first kappa shape index (κ1) is 12.0. The molecule has 17 heavy (non-hydrogen) atoms. The highest BCUT2D eigenvalue weighted by Crippen LogP contribution is 2.27. The number of nitrogens with zero attached hydrogens (tertiary/aromatic N) is 1. The molecule has 7 heteroatoms. The van der Waals surface area contributed by atoms with E-state index in [2.05, 4.69) is 0 Å². The van der Waals surface area contributed by atoms with Crippen molar-refractivity contribution in [2.75, 3.05) is 6.67 Å². The second-order valence-corrected chi connectivity index (χ2v) is 5.08. The summed E-state index contributed by atoms with van der Waals surface area (Å²) in [6.45, 7) is -0.722. The fourth-order valence-electron chi connectivity index (χ4n) is 1.76. The number of nitrogens with two attached hydrogens (primary N) is 1. The van der Waals surface area contributed by atoms with Crippen LogP contribution in [-0.2, 0) is 16.6 Å². The molecule has 0 saturated carbocycles. The Morgan fingerprint density at radius 1 is 1.35 bits per heavy atom. The van der Waals surface area contributed by atoms with Crippen LogP contribution < -0.4 is 5.14 Å². The number of sulfonamides is 1. The van der Waals surface area contributed by atoms with Gasteiger partial charge in [-0.1, -0.05) is 6.07 Å². The average molecular weight is 260 g/mol. The molecule has 0 spiro atoms. The lowest BCUT2D eigenvalue weighted by Crippen LogP contribution is -2.12. The van der Waals surface area contributed by atoms with Gasteiger partial charge in [-0.3, -0.25) is 0 Å². The van der Waals surface area contributed by atoms with Crippen LogP contribution in [0.2, 0.25) is 0 Å². The van der Waals surface area contributed by atoms with E-state index in [-0.39, 0.29) is 16.8 Å². The van der Waals surface area contributed by atoms with Gasteiger partial charge in [0.1, 0.15) is 17.4 Å². The highest BCUT2D eigenvalue weighted by Gasteiger charge is 2.19. The van der Waals surface area contributed by atoms with E-state index in [0.717, 1.165) is 12.3 Å². The molecule has 2 aromatic rings. The van der Waals surface area contributed by atoms with Gasteiger partial charge in [0.05, 0.1) is 17.4 Å². The summed E-state index contributed by atoms with van der Waals surface area (Å²) in [7, 11) is -4.03. The van der Waals surface area contributed by atoms with Crippen LogP contribution in [-0.4, -0.2) is 19.7 Å². The van der Waals surface area contributed by atoms with Gasteiger partial charge in [0, 0.05) is 6.20 Å². The average Bonchev–Trinajstić information content (AvgIpc) is 2.59. The zero-order chi connectivity index (χ0) is 12.6. The summed E-state index contributed by atoms with van der Waals surface area (Å²) in [6.07, 6.45) is 1.16. The quantitative estimate of drug-likeness (QED) is 0.906. The van der Waals surface area contributed by atoms with Crippen molar-refractivity contribution in [2.24, 2.45) is 5.14 Å². The molecule has 0 unspecified atom stereocenters. The number of rotatable bonds is 3. The molecule has 0 aliphatic rings. The predicted molar refractivity (Wildman–Crippen MR) is 59.2 cm³/mol. The van der Waals surface area contributed by atoms with Gasteiger partial charge in [-0.2, -0.15) is 0 Å². The van der Waals surface area contributed by atoms with Crippen molar-refractivity contribution in [1.29, 1.82) is 0 Å². The van der Waals surface area contributed by atoms with Gasteiger partial charge in [0.15, 0.2) is 0 Å². The number of hydrogen-bond donors (Lipinski definition) is 1. The van der Waals surface area contributed by atoms with Gasteiger partial charge >= 0.3 is 0 Å². The first-order chi connectivity index (χ1) is 7.95. The summed E-state index contributed by atoms with van der Waals surface area (Å²) in [5.41, 5.74) is 0.312. The van der Waals surface area contributed by atoms with E-state index < -0.39 is 22.5 Å². The van der Waals surface area contributed by atoms with Crippen LogP contribution in [0, 0.1) is 5.82 Å². The van der Waals surface area contributed by atoms with Gasteiger partial charge in [0.2, 0.25) is 10.0 Å². The molecule has 1 heterocycles. The van der Waals surface area contributed by atoms with Crippen LogP contribution in [0.1, 0.15) is 0 Å². The molecule has 0 atom stereocenters. The normalized spacial score (nSPS) is 12.2. The Morgan fingerprint density at radius 2 is 2.06 bits per heavy atom. The third-order valence-corrected chi connectivity index (χ3v) is 3.38. The first-order valence-electron chi connectivity index (χ1n) is 4.81. The Kier molecular flexibility index (Phi) is 2.88. The summed E-state index contributed by atoms with van der Waals surface area (Å²) in [5.74, 6) is -0.691. The van der Waals surface area contributed by atoms with Crippen LogP contribution in [0.15, 0.2) is 29.3 Å². The van der Waals surface area contributed by atoms with Crippen molar-refractivity contribution < 1.29 is 17.2 Å². The van der Waals surface area contributed by atoms with E-state index in [0.29, 0.717) is 5.52 Å². The largest absolute Gasteiger partial charge is 0.343 e. The van der Waals surface area contributed by atoms with Crippen molar-refractivity contribution >= 4 is 20.9 Å². The zero-order valence-electron chi connectivity index (χ0n) is 8.73. The lowest BCUT2D eigenvalue weighted by molar-refractivity contribution is 0.450. The number of fused-ring (bicyclic) bond motifs is 1. The number of benzene rings is 1. The maximum Gasteiger partial charge on any atom is 0.240 e. The molecule has 2 N–H and O–H groups in total. The number of aryl methyl sites for hydroxylation is 1.